The number of rotatable bonds is 2. The highest BCUT2D eigenvalue weighted by atomic mass is 127. The van der Waals surface area contributed by atoms with Crippen LogP contribution in [-0.4, -0.2) is 12.3 Å². The van der Waals surface area contributed by atoms with Gasteiger partial charge in [0.05, 0.1) is 3.57 Å². The molecule has 74 valence electrons. The highest BCUT2D eigenvalue weighted by Crippen LogP contribution is 2.25. The fraction of sp³-hybridized carbons (Fsp3) is 0.200. The number of aryl methyl sites for hydroxylation is 1. The molecule has 4 heteroatoms. The zero-order valence-corrected chi connectivity index (χ0v) is 9.99. The summed E-state index contributed by atoms with van der Waals surface area (Å²) >= 11 is 2.08. The van der Waals surface area contributed by atoms with E-state index in [2.05, 4.69) is 22.6 Å². The average molecular weight is 304 g/mol. The molecule has 0 aromatic heterocycles. The van der Waals surface area contributed by atoms with Crippen molar-refractivity contribution in [3.05, 3.63) is 26.8 Å². The van der Waals surface area contributed by atoms with Crippen molar-refractivity contribution in [3.63, 3.8) is 0 Å². The SMILES string of the molecule is CC(=O)Oc1cc(C=O)cc(C)c1I. The number of ether oxygens (including phenoxy) is 1. The minimum Gasteiger partial charge on any atom is -0.426 e. The van der Waals surface area contributed by atoms with Crippen molar-refractivity contribution in [2.24, 2.45) is 0 Å². The van der Waals surface area contributed by atoms with Crippen LogP contribution in [0.3, 0.4) is 0 Å². The molecule has 1 aromatic rings. The number of esters is 1. The van der Waals surface area contributed by atoms with E-state index in [1.54, 1.807) is 12.1 Å². The molecule has 3 nitrogen and oxygen atoms in total. The summed E-state index contributed by atoms with van der Waals surface area (Å²) < 4.78 is 5.81. The lowest BCUT2D eigenvalue weighted by atomic mass is 10.1. The number of carbonyl (C=O) groups excluding carboxylic acids is 2. The monoisotopic (exact) mass is 304 g/mol. The molecular formula is C10H9IO3. The molecule has 0 atom stereocenters. The first kappa shape index (κ1) is 11.2. The van der Waals surface area contributed by atoms with Crippen molar-refractivity contribution in [3.8, 4) is 5.75 Å². The summed E-state index contributed by atoms with van der Waals surface area (Å²) in [4.78, 5) is 21.3. The minimum atomic E-state index is -0.384. The van der Waals surface area contributed by atoms with E-state index in [-0.39, 0.29) is 5.97 Å². The van der Waals surface area contributed by atoms with E-state index in [1.807, 2.05) is 6.92 Å². The van der Waals surface area contributed by atoms with Gasteiger partial charge in [0.25, 0.3) is 0 Å². The van der Waals surface area contributed by atoms with Crippen LogP contribution in [0.25, 0.3) is 0 Å². The molecule has 0 saturated carbocycles. The molecule has 1 rings (SSSR count). The normalized spacial score (nSPS) is 9.64. The zero-order chi connectivity index (χ0) is 10.7. The zero-order valence-electron chi connectivity index (χ0n) is 7.83. The smallest absolute Gasteiger partial charge is 0.308 e. The molecule has 0 amide bonds. The average Bonchev–Trinajstić information content (AvgIpc) is 2.11. The highest BCUT2D eigenvalue weighted by molar-refractivity contribution is 14.1. The topological polar surface area (TPSA) is 43.4 Å². The van der Waals surface area contributed by atoms with Crippen LogP contribution >= 0.6 is 22.6 Å². The first-order chi connectivity index (χ1) is 6.54. The molecule has 0 heterocycles. The van der Waals surface area contributed by atoms with Crippen molar-refractivity contribution in [2.45, 2.75) is 13.8 Å². The third-order valence-electron chi connectivity index (χ3n) is 1.63. The third-order valence-corrected chi connectivity index (χ3v) is 3.02. The van der Waals surface area contributed by atoms with Gasteiger partial charge in [-0.15, -0.1) is 0 Å². The predicted molar refractivity (Wildman–Crippen MR) is 60.6 cm³/mol. The van der Waals surface area contributed by atoms with Crippen molar-refractivity contribution in [1.29, 1.82) is 0 Å². The second-order valence-electron chi connectivity index (χ2n) is 2.86. The minimum absolute atomic E-state index is 0.384. The van der Waals surface area contributed by atoms with Gasteiger partial charge in [-0.2, -0.15) is 0 Å². The van der Waals surface area contributed by atoms with Crippen molar-refractivity contribution in [1.82, 2.24) is 0 Å². The maximum atomic E-state index is 10.8. The molecule has 0 unspecified atom stereocenters. The lowest BCUT2D eigenvalue weighted by Gasteiger charge is -2.07. The Bertz CT molecular complexity index is 385. The lowest BCUT2D eigenvalue weighted by Crippen LogP contribution is -2.04. The molecule has 0 N–H and O–H groups in total. The Kier molecular flexibility index (Phi) is 3.62. The van der Waals surface area contributed by atoms with Crippen LogP contribution in [0.1, 0.15) is 22.8 Å². The first-order valence-electron chi connectivity index (χ1n) is 3.98. The number of hydrogen-bond donors (Lipinski definition) is 0. The van der Waals surface area contributed by atoms with E-state index in [9.17, 15) is 9.59 Å². The molecule has 0 bridgehead atoms. The Hall–Kier alpha value is -0.910. The number of halogens is 1. The summed E-state index contributed by atoms with van der Waals surface area (Å²) in [7, 11) is 0. The predicted octanol–water partition coefficient (Wildman–Crippen LogP) is 2.34. The largest absolute Gasteiger partial charge is 0.426 e. The van der Waals surface area contributed by atoms with Crippen molar-refractivity contribution in [2.75, 3.05) is 0 Å². The molecule has 0 aliphatic heterocycles. The van der Waals surface area contributed by atoms with Gasteiger partial charge in [0, 0.05) is 12.5 Å². The molecule has 0 spiro atoms. The van der Waals surface area contributed by atoms with Gasteiger partial charge in [0.1, 0.15) is 12.0 Å². The second-order valence-corrected chi connectivity index (χ2v) is 3.94. The van der Waals surface area contributed by atoms with Crippen molar-refractivity contribution < 1.29 is 14.3 Å². The Morgan fingerprint density at radius 3 is 2.64 bits per heavy atom. The fourth-order valence-electron chi connectivity index (χ4n) is 1.06. The summed E-state index contributed by atoms with van der Waals surface area (Å²) in [6.45, 7) is 3.20. The van der Waals surface area contributed by atoms with E-state index in [0.29, 0.717) is 11.3 Å². The molecule has 0 radical (unpaired) electrons. The van der Waals surface area contributed by atoms with Gasteiger partial charge in [-0.3, -0.25) is 9.59 Å². The van der Waals surface area contributed by atoms with E-state index >= 15 is 0 Å². The number of hydrogen-bond acceptors (Lipinski definition) is 3. The maximum Gasteiger partial charge on any atom is 0.308 e. The first-order valence-corrected chi connectivity index (χ1v) is 5.06. The van der Waals surface area contributed by atoms with Crippen LogP contribution in [0.15, 0.2) is 12.1 Å². The molecule has 1 aromatic carbocycles. The van der Waals surface area contributed by atoms with Gasteiger partial charge in [-0.25, -0.2) is 0 Å². The van der Waals surface area contributed by atoms with Crippen molar-refractivity contribution >= 4 is 34.8 Å². The van der Waals surface area contributed by atoms with Gasteiger partial charge < -0.3 is 4.74 Å². The van der Waals surface area contributed by atoms with E-state index < -0.39 is 0 Å². The van der Waals surface area contributed by atoms with E-state index in [1.165, 1.54) is 6.92 Å². The summed E-state index contributed by atoms with van der Waals surface area (Å²) in [5.41, 5.74) is 1.44. The Labute approximate surface area is 95.6 Å². The van der Waals surface area contributed by atoms with Gasteiger partial charge in [0.2, 0.25) is 0 Å². The maximum absolute atomic E-state index is 10.8. The van der Waals surface area contributed by atoms with E-state index in [4.69, 9.17) is 4.74 Å². The Morgan fingerprint density at radius 1 is 1.50 bits per heavy atom. The molecular weight excluding hydrogens is 295 g/mol. The van der Waals surface area contributed by atoms with Crippen LogP contribution in [0.2, 0.25) is 0 Å². The third kappa shape index (κ3) is 2.54. The summed E-state index contributed by atoms with van der Waals surface area (Å²) in [6, 6.07) is 3.31. The molecule has 0 fully saturated rings. The van der Waals surface area contributed by atoms with Gasteiger partial charge in [-0.1, -0.05) is 0 Å². The van der Waals surface area contributed by atoms with Gasteiger partial charge in [-0.05, 0) is 47.2 Å². The summed E-state index contributed by atoms with van der Waals surface area (Å²) in [5.74, 6) is 0.0607. The van der Waals surface area contributed by atoms with Crippen LogP contribution in [0.5, 0.6) is 5.75 Å². The number of carbonyl (C=O) groups is 2. The molecule has 0 aliphatic rings. The number of benzene rings is 1. The van der Waals surface area contributed by atoms with Crippen LogP contribution in [-0.2, 0) is 4.79 Å². The quantitative estimate of drug-likeness (QED) is 0.364. The summed E-state index contributed by atoms with van der Waals surface area (Å²) in [6.07, 6.45) is 0.732. The van der Waals surface area contributed by atoms with E-state index in [0.717, 1.165) is 15.4 Å². The fourth-order valence-corrected chi connectivity index (χ4v) is 1.48. The standard InChI is InChI=1S/C10H9IO3/c1-6-3-8(5-12)4-9(10(6)11)14-7(2)13/h3-5H,1-2H3. The number of aldehydes is 1. The highest BCUT2D eigenvalue weighted by Gasteiger charge is 2.08. The second kappa shape index (κ2) is 4.54. The lowest BCUT2D eigenvalue weighted by molar-refractivity contribution is -0.131. The molecule has 0 aliphatic carbocycles. The Balaban J connectivity index is 3.19. The summed E-state index contributed by atoms with van der Waals surface area (Å²) in [5, 5.41) is 0. The van der Waals surface area contributed by atoms with Crippen LogP contribution in [0, 0.1) is 10.5 Å². The van der Waals surface area contributed by atoms with Gasteiger partial charge >= 0.3 is 5.97 Å². The Morgan fingerprint density at radius 2 is 2.14 bits per heavy atom. The molecule has 0 saturated heterocycles. The van der Waals surface area contributed by atoms with Crippen LogP contribution < -0.4 is 4.74 Å². The van der Waals surface area contributed by atoms with Gasteiger partial charge in [0.15, 0.2) is 0 Å². The molecule has 14 heavy (non-hydrogen) atoms. The van der Waals surface area contributed by atoms with Crippen LogP contribution in [0.4, 0.5) is 0 Å².